The molecule has 0 spiro atoms. The number of ether oxygens (including phenoxy) is 1. The average Bonchev–Trinajstić information content (AvgIpc) is 2.60. The van der Waals surface area contributed by atoms with E-state index in [1.165, 1.54) is 0 Å². The van der Waals surface area contributed by atoms with Crippen LogP contribution in [-0.4, -0.2) is 37.4 Å². The highest BCUT2D eigenvalue weighted by Gasteiger charge is 2.54. The first-order valence-electron chi connectivity index (χ1n) is 7.94. The van der Waals surface area contributed by atoms with E-state index in [-0.39, 0.29) is 29.9 Å². The molecule has 9 heteroatoms. The number of alkyl halides is 3. The van der Waals surface area contributed by atoms with Gasteiger partial charge >= 0.3 is 13.3 Å². The molecule has 0 saturated carbocycles. The molecule has 1 aromatic carbocycles. The van der Waals surface area contributed by atoms with Gasteiger partial charge in [-0.25, -0.2) is 0 Å². The standard InChI is InChI=1S/C16H19BF3NO4/c1-14(2)15(3,4)25-17(24-14)11-7-9-12(8-10(11)16(18,19)20)23-6-5-21-13(9)22/h7-8H,5-6H2,1-4H3,(H,21,22). The van der Waals surface area contributed by atoms with Crippen LogP contribution in [0.25, 0.3) is 0 Å². The summed E-state index contributed by atoms with van der Waals surface area (Å²) in [4.78, 5) is 12.1. The summed E-state index contributed by atoms with van der Waals surface area (Å²) < 4.78 is 57.6. The molecule has 0 atom stereocenters. The van der Waals surface area contributed by atoms with Crippen LogP contribution in [0.2, 0.25) is 0 Å². The number of rotatable bonds is 1. The zero-order valence-electron chi connectivity index (χ0n) is 14.4. The number of fused-ring (bicyclic) bond motifs is 1. The number of hydrogen-bond acceptors (Lipinski definition) is 4. The predicted octanol–water partition coefficient (Wildman–Crippen LogP) is 2.13. The van der Waals surface area contributed by atoms with Crippen molar-refractivity contribution in [1.29, 1.82) is 0 Å². The molecule has 25 heavy (non-hydrogen) atoms. The molecule has 3 rings (SSSR count). The van der Waals surface area contributed by atoms with Crippen LogP contribution in [0.3, 0.4) is 0 Å². The van der Waals surface area contributed by atoms with Crippen molar-refractivity contribution in [2.75, 3.05) is 13.2 Å². The molecule has 0 bridgehead atoms. The number of nitrogens with one attached hydrogen (secondary N) is 1. The van der Waals surface area contributed by atoms with Crippen LogP contribution < -0.4 is 15.5 Å². The summed E-state index contributed by atoms with van der Waals surface area (Å²) in [6.45, 7) is 7.32. The summed E-state index contributed by atoms with van der Waals surface area (Å²) in [6.07, 6.45) is -4.64. The van der Waals surface area contributed by atoms with E-state index < -0.39 is 36.0 Å². The van der Waals surface area contributed by atoms with Crippen LogP contribution in [0.4, 0.5) is 13.2 Å². The summed E-state index contributed by atoms with van der Waals surface area (Å²) in [5.41, 5.74) is -2.72. The lowest BCUT2D eigenvalue weighted by atomic mass is 9.74. The Hall–Kier alpha value is -1.74. The molecule has 1 N–H and O–H groups in total. The van der Waals surface area contributed by atoms with Crippen molar-refractivity contribution in [3.8, 4) is 5.75 Å². The third-order valence-electron chi connectivity index (χ3n) is 4.85. The fourth-order valence-corrected chi connectivity index (χ4v) is 2.72. The highest BCUT2D eigenvalue weighted by Crippen LogP contribution is 2.39. The zero-order chi connectivity index (χ0) is 18.6. The molecule has 2 heterocycles. The maximum atomic E-state index is 13.6. The quantitative estimate of drug-likeness (QED) is 0.783. The molecule has 0 radical (unpaired) electrons. The van der Waals surface area contributed by atoms with Gasteiger partial charge in [0.25, 0.3) is 5.91 Å². The van der Waals surface area contributed by atoms with E-state index >= 15 is 0 Å². The van der Waals surface area contributed by atoms with E-state index in [1.807, 2.05) is 0 Å². The number of carbonyl (C=O) groups is 1. The lowest BCUT2D eigenvalue weighted by Crippen LogP contribution is -2.41. The number of halogens is 3. The Balaban J connectivity index is 2.14. The first kappa shape index (κ1) is 18.1. The van der Waals surface area contributed by atoms with Crippen molar-refractivity contribution in [2.24, 2.45) is 0 Å². The summed E-state index contributed by atoms with van der Waals surface area (Å²) >= 11 is 0. The number of carbonyl (C=O) groups excluding carboxylic acids is 1. The van der Waals surface area contributed by atoms with Gasteiger partial charge in [0.15, 0.2) is 0 Å². The molecule has 0 aliphatic carbocycles. The zero-order valence-corrected chi connectivity index (χ0v) is 14.4. The van der Waals surface area contributed by atoms with E-state index in [2.05, 4.69) is 5.32 Å². The topological polar surface area (TPSA) is 56.8 Å². The minimum absolute atomic E-state index is 0.0372. The number of hydrogen-bond donors (Lipinski definition) is 1. The van der Waals surface area contributed by atoms with E-state index in [4.69, 9.17) is 14.0 Å². The highest BCUT2D eigenvalue weighted by atomic mass is 19.4. The second kappa shape index (κ2) is 5.64. The Bertz CT molecular complexity index is 702. The molecule has 1 aromatic rings. The number of benzene rings is 1. The predicted molar refractivity (Wildman–Crippen MR) is 85.0 cm³/mol. The average molecular weight is 357 g/mol. The second-order valence-electron chi connectivity index (χ2n) is 7.13. The van der Waals surface area contributed by atoms with Crippen molar-refractivity contribution in [3.05, 3.63) is 23.3 Å². The highest BCUT2D eigenvalue weighted by molar-refractivity contribution is 6.62. The fraction of sp³-hybridized carbons (Fsp3) is 0.562. The van der Waals surface area contributed by atoms with Crippen LogP contribution in [0.15, 0.2) is 12.1 Å². The lowest BCUT2D eigenvalue weighted by Gasteiger charge is -2.32. The van der Waals surface area contributed by atoms with E-state index in [0.717, 1.165) is 12.1 Å². The Labute approximate surface area is 144 Å². The molecule has 136 valence electrons. The van der Waals surface area contributed by atoms with Crippen LogP contribution >= 0.6 is 0 Å². The molecule has 1 fully saturated rings. The number of amides is 1. The van der Waals surface area contributed by atoms with Crippen LogP contribution in [0.1, 0.15) is 43.6 Å². The van der Waals surface area contributed by atoms with Gasteiger partial charge in [0.05, 0.1) is 28.9 Å². The van der Waals surface area contributed by atoms with Crippen LogP contribution in [-0.2, 0) is 15.5 Å². The van der Waals surface area contributed by atoms with Crippen molar-refractivity contribution in [3.63, 3.8) is 0 Å². The minimum Gasteiger partial charge on any atom is -0.491 e. The molecule has 1 saturated heterocycles. The largest absolute Gasteiger partial charge is 0.495 e. The lowest BCUT2D eigenvalue weighted by molar-refractivity contribution is -0.137. The van der Waals surface area contributed by atoms with Gasteiger partial charge in [-0.05, 0) is 45.3 Å². The maximum Gasteiger partial charge on any atom is 0.495 e. The normalized spacial score (nSPS) is 22.0. The van der Waals surface area contributed by atoms with Crippen molar-refractivity contribution in [1.82, 2.24) is 5.32 Å². The summed E-state index contributed by atoms with van der Waals surface area (Å²) in [7, 11) is -1.23. The van der Waals surface area contributed by atoms with E-state index in [9.17, 15) is 18.0 Å². The van der Waals surface area contributed by atoms with Gasteiger partial charge in [0, 0.05) is 0 Å². The van der Waals surface area contributed by atoms with Gasteiger partial charge in [-0.15, -0.1) is 0 Å². The summed E-state index contributed by atoms with van der Waals surface area (Å²) in [5.74, 6) is -0.582. The summed E-state index contributed by atoms with van der Waals surface area (Å²) in [6, 6.07) is 2.00. The van der Waals surface area contributed by atoms with Crippen molar-refractivity contribution >= 4 is 18.5 Å². The van der Waals surface area contributed by atoms with Crippen LogP contribution in [0, 0.1) is 0 Å². The molecule has 0 unspecified atom stereocenters. The Morgan fingerprint density at radius 2 is 1.72 bits per heavy atom. The third kappa shape index (κ3) is 3.11. The minimum atomic E-state index is -4.64. The SMILES string of the molecule is CC1(C)OB(c2cc3c(cc2C(F)(F)F)OCCNC3=O)OC1(C)C. The van der Waals surface area contributed by atoms with E-state index in [0.29, 0.717) is 0 Å². The van der Waals surface area contributed by atoms with Gasteiger partial charge < -0.3 is 19.4 Å². The van der Waals surface area contributed by atoms with Crippen molar-refractivity contribution in [2.45, 2.75) is 45.1 Å². The van der Waals surface area contributed by atoms with Crippen LogP contribution in [0.5, 0.6) is 5.75 Å². The van der Waals surface area contributed by atoms with E-state index in [1.54, 1.807) is 27.7 Å². The maximum absolute atomic E-state index is 13.6. The Morgan fingerprint density at radius 1 is 1.12 bits per heavy atom. The first-order chi connectivity index (χ1) is 11.4. The van der Waals surface area contributed by atoms with Gasteiger partial charge in [0.1, 0.15) is 12.4 Å². The van der Waals surface area contributed by atoms with Crippen molar-refractivity contribution < 1.29 is 32.0 Å². The summed E-state index contributed by atoms with van der Waals surface area (Å²) in [5, 5.41) is 2.58. The molecular weight excluding hydrogens is 338 g/mol. The molecule has 0 aromatic heterocycles. The second-order valence-corrected chi connectivity index (χ2v) is 7.13. The first-order valence-corrected chi connectivity index (χ1v) is 7.94. The molecule has 5 nitrogen and oxygen atoms in total. The van der Waals surface area contributed by atoms with Gasteiger partial charge in [-0.1, -0.05) is 0 Å². The third-order valence-corrected chi connectivity index (χ3v) is 4.85. The molecule has 2 aliphatic rings. The molecule has 1 amide bonds. The monoisotopic (exact) mass is 357 g/mol. The molecular formula is C16H19BF3NO4. The van der Waals surface area contributed by atoms with Gasteiger partial charge in [0.2, 0.25) is 0 Å². The smallest absolute Gasteiger partial charge is 0.491 e. The van der Waals surface area contributed by atoms with Gasteiger partial charge in [-0.3, -0.25) is 4.79 Å². The molecule has 2 aliphatic heterocycles. The Kier molecular flexibility index (Phi) is 4.07. The Morgan fingerprint density at radius 3 is 2.28 bits per heavy atom. The van der Waals surface area contributed by atoms with Gasteiger partial charge in [-0.2, -0.15) is 13.2 Å². The fourth-order valence-electron chi connectivity index (χ4n) is 2.72.